The molecular formula is C18H26N4O2. The van der Waals surface area contributed by atoms with Crippen molar-refractivity contribution in [2.45, 2.75) is 57.4 Å². The molecule has 6 nitrogen and oxygen atoms in total. The molecule has 2 fully saturated rings. The first kappa shape index (κ1) is 15.7. The summed E-state index contributed by atoms with van der Waals surface area (Å²) in [6.45, 7) is 1.48. The summed E-state index contributed by atoms with van der Waals surface area (Å²) in [4.78, 5) is 26.8. The number of carbonyl (C=O) groups excluding carboxylic acids is 2. The molecule has 1 aliphatic heterocycles. The zero-order valence-corrected chi connectivity index (χ0v) is 14.1. The molecule has 2 N–H and O–H groups in total. The van der Waals surface area contributed by atoms with Crippen molar-refractivity contribution in [2.75, 3.05) is 13.1 Å². The van der Waals surface area contributed by atoms with Crippen molar-refractivity contribution in [3.05, 3.63) is 17.5 Å². The Balaban J connectivity index is 1.25. The SMILES string of the molecule is O=C(N[C@@H]1CCc2[nH]ncc2C1)C1CCN(C(=O)C2CCC2)CC1. The van der Waals surface area contributed by atoms with E-state index in [1.54, 1.807) is 0 Å². The molecule has 2 aliphatic carbocycles. The summed E-state index contributed by atoms with van der Waals surface area (Å²) in [6, 6.07) is 0.220. The zero-order chi connectivity index (χ0) is 16.5. The second kappa shape index (κ2) is 6.57. The van der Waals surface area contributed by atoms with Crippen LogP contribution in [0.5, 0.6) is 0 Å². The Labute approximate surface area is 142 Å². The standard InChI is InChI=1S/C18H26N4O2/c23-17(20-15-4-5-16-14(10-15)11-19-21-16)12-6-8-22(9-7-12)18(24)13-2-1-3-13/h11-13,15H,1-10H2,(H,19,21)(H,20,23)/t15-/m1/s1. The van der Waals surface area contributed by atoms with Crippen molar-refractivity contribution >= 4 is 11.8 Å². The number of aromatic nitrogens is 2. The van der Waals surface area contributed by atoms with Gasteiger partial charge in [-0.1, -0.05) is 6.42 Å². The summed E-state index contributed by atoms with van der Waals surface area (Å²) in [5, 5.41) is 10.3. The molecule has 1 saturated heterocycles. The van der Waals surface area contributed by atoms with E-state index < -0.39 is 0 Å². The maximum Gasteiger partial charge on any atom is 0.225 e. The number of amides is 2. The molecule has 1 aromatic rings. The van der Waals surface area contributed by atoms with Crippen LogP contribution < -0.4 is 5.32 Å². The minimum Gasteiger partial charge on any atom is -0.353 e. The highest BCUT2D eigenvalue weighted by Crippen LogP contribution is 2.30. The van der Waals surface area contributed by atoms with E-state index in [2.05, 4.69) is 15.5 Å². The van der Waals surface area contributed by atoms with Crippen LogP contribution in [0, 0.1) is 11.8 Å². The van der Waals surface area contributed by atoms with Crippen LogP contribution in [0.25, 0.3) is 0 Å². The summed E-state index contributed by atoms with van der Waals surface area (Å²) in [6.07, 6.45) is 9.56. The van der Waals surface area contributed by atoms with Crippen molar-refractivity contribution in [3.63, 3.8) is 0 Å². The number of carbonyl (C=O) groups is 2. The second-order valence-electron chi connectivity index (χ2n) is 7.55. The Morgan fingerprint density at radius 3 is 2.62 bits per heavy atom. The molecule has 0 aromatic carbocycles. The number of H-pyrrole nitrogens is 1. The molecule has 1 atom stereocenters. The van der Waals surface area contributed by atoms with Crippen molar-refractivity contribution < 1.29 is 9.59 Å². The van der Waals surface area contributed by atoms with E-state index in [-0.39, 0.29) is 23.8 Å². The number of piperidine rings is 1. The lowest BCUT2D eigenvalue weighted by Gasteiger charge is -2.36. The molecule has 130 valence electrons. The Morgan fingerprint density at radius 2 is 1.92 bits per heavy atom. The van der Waals surface area contributed by atoms with Gasteiger partial charge in [-0.05, 0) is 50.5 Å². The summed E-state index contributed by atoms with van der Waals surface area (Å²) in [5.41, 5.74) is 2.44. The average Bonchev–Trinajstić information content (AvgIpc) is 3.01. The number of hydrogen-bond acceptors (Lipinski definition) is 3. The molecule has 1 aromatic heterocycles. The molecule has 2 heterocycles. The van der Waals surface area contributed by atoms with Gasteiger partial charge >= 0.3 is 0 Å². The van der Waals surface area contributed by atoms with Gasteiger partial charge in [-0.25, -0.2) is 0 Å². The second-order valence-corrected chi connectivity index (χ2v) is 7.55. The van der Waals surface area contributed by atoms with E-state index in [0.29, 0.717) is 5.91 Å². The number of hydrogen-bond donors (Lipinski definition) is 2. The minimum atomic E-state index is 0.0567. The predicted molar refractivity (Wildman–Crippen MR) is 89.2 cm³/mol. The van der Waals surface area contributed by atoms with Crippen LogP contribution in [0.3, 0.4) is 0 Å². The van der Waals surface area contributed by atoms with Crippen LogP contribution >= 0.6 is 0 Å². The summed E-state index contributed by atoms with van der Waals surface area (Å²) >= 11 is 0. The smallest absolute Gasteiger partial charge is 0.225 e. The lowest BCUT2D eigenvalue weighted by Crippen LogP contribution is -2.48. The van der Waals surface area contributed by atoms with E-state index in [9.17, 15) is 9.59 Å². The van der Waals surface area contributed by atoms with Gasteiger partial charge in [0.15, 0.2) is 0 Å². The number of rotatable bonds is 3. The van der Waals surface area contributed by atoms with E-state index in [1.165, 1.54) is 17.7 Å². The Hall–Kier alpha value is -1.85. The first-order valence-electron chi connectivity index (χ1n) is 9.31. The van der Waals surface area contributed by atoms with Crippen molar-refractivity contribution in [1.29, 1.82) is 0 Å². The minimum absolute atomic E-state index is 0.0567. The third-order valence-electron chi connectivity index (χ3n) is 5.99. The molecule has 0 spiro atoms. The van der Waals surface area contributed by atoms with E-state index in [0.717, 1.165) is 58.0 Å². The lowest BCUT2D eigenvalue weighted by molar-refractivity contribution is -0.141. The predicted octanol–water partition coefficient (Wildman–Crippen LogP) is 1.42. The van der Waals surface area contributed by atoms with Crippen LogP contribution in [0.4, 0.5) is 0 Å². The van der Waals surface area contributed by atoms with Crippen LogP contribution in [0.2, 0.25) is 0 Å². The fourth-order valence-electron chi connectivity index (χ4n) is 4.13. The largest absolute Gasteiger partial charge is 0.353 e. The van der Waals surface area contributed by atoms with Crippen LogP contribution in [-0.2, 0) is 22.4 Å². The highest BCUT2D eigenvalue weighted by atomic mass is 16.2. The Kier molecular flexibility index (Phi) is 4.29. The fourth-order valence-corrected chi connectivity index (χ4v) is 4.13. The highest BCUT2D eigenvalue weighted by Gasteiger charge is 2.34. The quantitative estimate of drug-likeness (QED) is 0.880. The lowest BCUT2D eigenvalue weighted by atomic mass is 9.83. The van der Waals surface area contributed by atoms with Gasteiger partial charge < -0.3 is 10.2 Å². The van der Waals surface area contributed by atoms with Gasteiger partial charge in [-0.2, -0.15) is 5.10 Å². The van der Waals surface area contributed by atoms with Crippen LogP contribution in [0.15, 0.2) is 6.20 Å². The first-order valence-corrected chi connectivity index (χ1v) is 9.31. The maximum atomic E-state index is 12.6. The first-order chi connectivity index (χ1) is 11.7. The topological polar surface area (TPSA) is 78.1 Å². The van der Waals surface area contributed by atoms with Crippen molar-refractivity contribution in [1.82, 2.24) is 20.4 Å². The summed E-state index contributed by atoms with van der Waals surface area (Å²) in [5.74, 6) is 0.811. The average molecular weight is 330 g/mol. The Bertz CT molecular complexity index is 614. The maximum absolute atomic E-state index is 12.6. The number of nitrogens with one attached hydrogen (secondary N) is 2. The molecule has 1 saturated carbocycles. The summed E-state index contributed by atoms with van der Waals surface area (Å²) in [7, 11) is 0. The third kappa shape index (κ3) is 3.06. The molecular weight excluding hydrogens is 304 g/mol. The van der Waals surface area contributed by atoms with Gasteiger partial charge in [0.2, 0.25) is 11.8 Å². The number of aryl methyl sites for hydroxylation is 1. The molecule has 6 heteroatoms. The van der Waals surface area contributed by atoms with Gasteiger partial charge in [0.05, 0.1) is 6.20 Å². The van der Waals surface area contributed by atoms with E-state index in [4.69, 9.17) is 0 Å². The molecule has 0 radical (unpaired) electrons. The van der Waals surface area contributed by atoms with Gasteiger partial charge in [-0.3, -0.25) is 14.7 Å². The van der Waals surface area contributed by atoms with E-state index in [1.807, 2.05) is 11.1 Å². The van der Waals surface area contributed by atoms with Crippen LogP contribution in [-0.4, -0.2) is 46.0 Å². The van der Waals surface area contributed by atoms with Gasteiger partial charge in [-0.15, -0.1) is 0 Å². The van der Waals surface area contributed by atoms with Gasteiger partial charge in [0.25, 0.3) is 0 Å². The molecule has 0 bridgehead atoms. The molecule has 3 aliphatic rings. The number of aromatic amines is 1. The highest BCUT2D eigenvalue weighted by molar-refractivity contribution is 5.81. The van der Waals surface area contributed by atoms with Crippen molar-refractivity contribution in [3.8, 4) is 0 Å². The Morgan fingerprint density at radius 1 is 1.12 bits per heavy atom. The molecule has 2 amide bonds. The molecule has 4 rings (SSSR count). The zero-order valence-electron chi connectivity index (χ0n) is 14.1. The fraction of sp³-hybridized carbons (Fsp3) is 0.722. The number of nitrogens with zero attached hydrogens (tertiary/aromatic N) is 2. The number of likely N-dealkylation sites (tertiary alicyclic amines) is 1. The normalized spacial score (nSPS) is 25.0. The van der Waals surface area contributed by atoms with E-state index >= 15 is 0 Å². The summed E-state index contributed by atoms with van der Waals surface area (Å²) < 4.78 is 0. The van der Waals surface area contributed by atoms with Gasteiger partial charge in [0.1, 0.15) is 0 Å². The number of fused-ring (bicyclic) bond motifs is 1. The third-order valence-corrected chi connectivity index (χ3v) is 5.99. The van der Waals surface area contributed by atoms with Gasteiger partial charge in [0, 0.05) is 36.7 Å². The monoisotopic (exact) mass is 330 g/mol. The molecule has 0 unspecified atom stereocenters. The van der Waals surface area contributed by atoms with Crippen LogP contribution in [0.1, 0.15) is 49.8 Å². The van der Waals surface area contributed by atoms with Crippen molar-refractivity contribution in [2.24, 2.45) is 11.8 Å². The molecule has 24 heavy (non-hydrogen) atoms.